The molecule has 15 nitrogen and oxygen atoms in total. The number of halogens is 2. The second kappa shape index (κ2) is 19.0. The molecular weight excluding hydrogens is 869 g/mol. The van der Waals surface area contributed by atoms with Crippen LogP contribution in [-0.2, 0) is 40.9 Å². The molecule has 2 aliphatic rings. The number of aromatic nitrogens is 3. The summed E-state index contributed by atoms with van der Waals surface area (Å²) in [6.45, 7) is 5.50. The fourth-order valence-electron chi connectivity index (χ4n) is 9.14. The summed E-state index contributed by atoms with van der Waals surface area (Å²) in [7, 11) is 5.44. The summed E-state index contributed by atoms with van der Waals surface area (Å²) < 4.78 is 29.7. The minimum absolute atomic E-state index is 0.118. The third-order valence-corrected chi connectivity index (χ3v) is 13.0. The molecule has 2 aromatic heterocycles. The average Bonchev–Trinajstić information content (AvgIpc) is 3.88. The Hall–Kier alpha value is -6.78. The number of hydrogen-bond donors (Lipinski definition) is 2. The standard InChI is InChI=1S/C49H51ClFN7O8/c1-28-43(29(2)56(5)53-28)44-37(50)17-16-34-33(11-8-24-65-39-12-6-9-30-25-31(51)14-15-32(30)39)46(49(63)64)57(45(34)44)23-21-54(3)20-22-55(4)42(60)27-66-40-13-7-10-35-36(40)26-58(48(35)62)38-18-19-41(59)52-47(38)61/h6-7,9-10,12-17,25,38H,8,11,18-24,26-27H2,1-5H3,(H,63,64)(H,52,59,61). The van der Waals surface area contributed by atoms with E-state index in [2.05, 4.69) is 10.4 Å². The highest BCUT2D eigenvalue weighted by Crippen LogP contribution is 2.42. The van der Waals surface area contributed by atoms with Gasteiger partial charge in [-0.2, -0.15) is 5.10 Å². The Labute approximate surface area is 385 Å². The smallest absolute Gasteiger partial charge is 0.352 e. The van der Waals surface area contributed by atoms with Crippen molar-refractivity contribution < 1.29 is 42.9 Å². The minimum Gasteiger partial charge on any atom is -0.493 e. The van der Waals surface area contributed by atoms with Gasteiger partial charge in [0.2, 0.25) is 11.8 Å². The maximum atomic E-state index is 13.9. The number of fused-ring (bicyclic) bond motifs is 3. The summed E-state index contributed by atoms with van der Waals surface area (Å²) >= 11 is 7.04. The Morgan fingerprint density at radius 2 is 1.71 bits per heavy atom. The number of carboxylic acids is 1. The molecule has 1 atom stereocenters. The zero-order chi connectivity index (χ0) is 47.0. The van der Waals surface area contributed by atoms with Crippen molar-refractivity contribution in [2.45, 2.75) is 58.7 Å². The monoisotopic (exact) mass is 919 g/mol. The molecule has 2 aliphatic heterocycles. The molecule has 0 radical (unpaired) electrons. The summed E-state index contributed by atoms with van der Waals surface area (Å²) in [5.74, 6) is -1.93. The first kappa shape index (κ1) is 45.8. The molecular formula is C49H51ClFN7O8. The summed E-state index contributed by atoms with van der Waals surface area (Å²) in [4.78, 5) is 69.2. The maximum absolute atomic E-state index is 13.9. The summed E-state index contributed by atoms with van der Waals surface area (Å²) in [6, 6.07) is 17.9. The van der Waals surface area contributed by atoms with Crippen LogP contribution >= 0.6 is 11.6 Å². The zero-order valence-corrected chi connectivity index (χ0v) is 38.2. The lowest BCUT2D eigenvalue weighted by molar-refractivity contribution is -0.137. The van der Waals surface area contributed by atoms with Gasteiger partial charge in [0.1, 0.15) is 29.1 Å². The van der Waals surface area contributed by atoms with E-state index in [1.165, 1.54) is 17.0 Å². The molecule has 8 rings (SSSR count). The van der Waals surface area contributed by atoms with Gasteiger partial charge in [0.15, 0.2) is 6.61 Å². The number of rotatable bonds is 17. The lowest BCUT2D eigenvalue weighted by atomic mass is 9.98. The van der Waals surface area contributed by atoms with Crippen molar-refractivity contribution in [3.8, 4) is 22.6 Å². The molecule has 4 amide bonds. The van der Waals surface area contributed by atoms with Crippen molar-refractivity contribution in [3.63, 3.8) is 0 Å². The number of aryl methyl sites for hydroxylation is 3. The van der Waals surface area contributed by atoms with Gasteiger partial charge >= 0.3 is 5.97 Å². The lowest BCUT2D eigenvalue weighted by Gasteiger charge is -2.29. The van der Waals surface area contributed by atoms with E-state index in [4.69, 9.17) is 21.1 Å². The number of nitrogens with one attached hydrogen (secondary N) is 1. The van der Waals surface area contributed by atoms with Crippen LogP contribution in [0, 0.1) is 19.7 Å². The number of benzene rings is 4. The minimum atomic E-state index is -1.08. The van der Waals surface area contributed by atoms with Gasteiger partial charge in [0, 0.05) is 85.4 Å². The normalized spacial score (nSPS) is 14.9. The number of carbonyl (C=O) groups excluding carboxylic acids is 4. The third kappa shape index (κ3) is 8.94. The molecule has 0 saturated carbocycles. The van der Waals surface area contributed by atoms with Gasteiger partial charge < -0.3 is 33.8 Å². The number of likely N-dealkylation sites (N-methyl/N-ethyl adjacent to an activating group) is 2. The summed E-state index contributed by atoms with van der Waals surface area (Å²) in [5.41, 5.74) is 5.64. The predicted octanol–water partition coefficient (Wildman–Crippen LogP) is 6.54. The first-order valence-corrected chi connectivity index (χ1v) is 22.2. The van der Waals surface area contributed by atoms with Crippen LogP contribution in [0.2, 0.25) is 5.02 Å². The number of hydrogen-bond acceptors (Lipinski definition) is 9. The van der Waals surface area contributed by atoms with Gasteiger partial charge in [-0.1, -0.05) is 35.9 Å². The molecule has 17 heteroatoms. The van der Waals surface area contributed by atoms with Crippen molar-refractivity contribution in [1.82, 2.24) is 34.4 Å². The molecule has 1 saturated heterocycles. The quantitative estimate of drug-likeness (QED) is 0.0757. The van der Waals surface area contributed by atoms with Gasteiger partial charge in [-0.3, -0.25) is 29.2 Å². The molecule has 2 N–H and O–H groups in total. The van der Waals surface area contributed by atoms with Crippen LogP contribution in [-0.4, -0.2) is 117 Å². The predicted molar refractivity (Wildman–Crippen MR) is 246 cm³/mol. The van der Waals surface area contributed by atoms with E-state index in [0.717, 1.165) is 33.1 Å². The molecule has 1 fully saturated rings. The van der Waals surface area contributed by atoms with Crippen molar-refractivity contribution in [2.24, 2.45) is 7.05 Å². The highest BCUT2D eigenvalue weighted by molar-refractivity contribution is 6.35. The lowest BCUT2D eigenvalue weighted by Crippen LogP contribution is -2.52. The summed E-state index contributed by atoms with van der Waals surface area (Å²) in [6.07, 6.45) is 1.26. The van der Waals surface area contributed by atoms with Crippen LogP contribution in [0.3, 0.4) is 0 Å². The first-order chi connectivity index (χ1) is 31.6. The molecule has 1 unspecified atom stereocenters. The van der Waals surface area contributed by atoms with E-state index in [-0.39, 0.29) is 61.8 Å². The number of amides is 4. The van der Waals surface area contributed by atoms with Gasteiger partial charge in [-0.05, 0) is 93.6 Å². The van der Waals surface area contributed by atoms with E-state index in [1.807, 2.05) is 61.7 Å². The van der Waals surface area contributed by atoms with E-state index in [1.54, 1.807) is 47.0 Å². The molecule has 4 heterocycles. The summed E-state index contributed by atoms with van der Waals surface area (Å²) in [5, 5.41) is 20.6. The van der Waals surface area contributed by atoms with Gasteiger partial charge in [-0.25, -0.2) is 9.18 Å². The van der Waals surface area contributed by atoms with Crippen LogP contribution < -0.4 is 14.8 Å². The fraction of sp³-hybridized carbons (Fsp3) is 0.347. The number of carboxylic acid groups (broad SMARTS) is 1. The molecule has 6 aromatic rings. The largest absolute Gasteiger partial charge is 0.493 e. The Bertz CT molecular complexity index is 2930. The Morgan fingerprint density at radius 3 is 2.45 bits per heavy atom. The number of aromatic carboxylic acids is 1. The molecule has 66 heavy (non-hydrogen) atoms. The second-order valence-corrected chi connectivity index (χ2v) is 17.3. The Kier molecular flexibility index (Phi) is 13.2. The topological polar surface area (TPSA) is 169 Å². The molecule has 0 aliphatic carbocycles. The SMILES string of the molecule is Cc1nn(C)c(C)c1-c1c(Cl)ccc2c(CCCOc3cccc4cc(F)ccc34)c(C(=O)O)n(CCN(C)CCN(C)C(=O)COc3cccc4c3CN(C3CCC(=O)NC3=O)C4=O)c12. The maximum Gasteiger partial charge on any atom is 0.352 e. The van der Waals surface area contributed by atoms with Crippen LogP contribution in [0.4, 0.5) is 4.39 Å². The number of ether oxygens (including phenoxy) is 2. The van der Waals surface area contributed by atoms with Crippen molar-refractivity contribution >= 4 is 62.9 Å². The molecule has 0 spiro atoms. The van der Waals surface area contributed by atoms with Crippen LogP contribution in [0.15, 0.2) is 66.7 Å². The zero-order valence-electron chi connectivity index (χ0n) is 37.5. The van der Waals surface area contributed by atoms with E-state index >= 15 is 0 Å². The number of nitrogens with zero attached hydrogens (tertiary/aromatic N) is 6. The van der Waals surface area contributed by atoms with Crippen LogP contribution in [0.1, 0.15) is 62.6 Å². The highest BCUT2D eigenvalue weighted by Gasteiger charge is 2.40. The van der Waals surface area contributed by atoms with E-state index in [9.17, 15) is 33.5 Å². The van der Waals surface area contributed by atoms with Crippen LogP contribution in [0.5, 0.6) is 11.5 Å². The average molecular weight is 920 g/mol. The van der Waals surface area contributed by atoms with E-state index < -0.39 is 17.9 Å². The number of carbonyl (C=O) groups is 5. The second-order valence-electron chi connectivity index (χ2n) is 16.9. The van der Waals surface area contributed by atoms with Gasteiger partial charge in [-0.15, -0.1) is 0 Å². The number of imide groups is 1. The van der Waals surface area contributed by atoms with Crippen molar-refractivity contribution in [1.29, 1.82) is 0 Å². The first-order valence-electron chi connectivity index (χ1n) is 21.8. The van der Waals surface area contributed by atoms with E-state index in [0.29, 0.717) is 83.4 Å². The van der Waals surface area contributed by atoms with Gasteiger partial charge in [0.25, 0.3) is 11.8 Å². The highest BCUT2D eigenvalue weighted by atomic mass is 35.5. The fourth-order valence-corrected chi connectivity index (χ4v) is 9.39. The molecule has 4 aromatic carbocycles. The Morgan fingerprint density at radius 1 is 0.955 bits per heavy atom. The molecule has 344 valence electrons. The third-order valence-electron chi connectivity index (χ3n) is 12.7. The Balaban J connectivity index is 0.960. The number of piperidine rings is 1. The molecule has 0 bridgehead atoms. The van der Waals surface area contributed by atoms with Crippen LogP contribution in [0.25, 0.3) is 32.8 Å². The van der Waals surface area contributed by atoms with Crippen molar-refractivity contribution in [2.75, 3.05) is 46.9 Å². The van der Waals surface area contributed by atoms with Gasteiger partial charge in [0.05, 0.1) is 29.4 Å². The van der Waals surface area contributed by atoms with Crippen molar-refractivity contribution in [3.05, 3.63) is 111 Å².